The number of ether oxygens (including phenoxy) is 1. The van der Waals surface area contributed by atoms with E-state index in [4.69, 9.17) is 14.3 Å². The van der Waals surface area contributed by atoms with Crippen LogP contribution in [0.3, 0.4) is 0 Å². The Morgan fingerprint density at radius 3 is 2.52 bits per heavy atom. The van der Waals surface area contributed by atoms with Crippen LogP contribution in [-0.4, -0.2) is 11.1 Å². The molecule has 0 aliphatic heterocycles. The summed E-state index contributed by atoms with van der Waals surface area (Å²) in [6.07, 6.45) is 3.65. The topological polar surface area (TPSA) is 76.7 Å². The summed E-state index contributed by atoms with van der Waals surface area (Å²) in [4.78, 5) is 23.3. The maximum Gasteiger partial charge on any atom is 0.339 e. The summed E-state index contributed by atoms with van der Waals surface area (Å²) in [6.45, 7) is 2.25. The Balaban J connectivity index is 1.72. The first-order chi connectivity index (χ1) is 13.0. The van der Waals surface area contributed by atoms with Gasteiger partial charge in [-0.1, -0.05) is 12.1 Å². The number of hydrogen-bond donors (Lipinski definition) is 1. The van der Waals surface area contributed by atoms with Crippen LogP contribution in [0, 0.1) is 6.92 Å². The van der Waals surface area contributed by atoms with Crippen LogP contribution >= 0.6 is 0 Å². The molecule has 1 aromatic heterocycles. The summed E-state index contributed by atoms with van der Waals surface area (Å²) in [7, 11) is 0. The van der Waals surface area contributed by atoms with Gasteiger partial charge >= 0.3 is 11.6 Å². The summed E-state index contributed by atoms with van der Waals surface area (Å²) in [5.74, 6) is -0.247. The minimum Gasteiger partial charge on any atom is -0.488 e. The Labute approximate surface area is 156 Å². The van der Waals surface area contributed by atoms with Gasteiger partial charge < -0.3 is 14.3 Å². The zero-order valence-corrected chi connectivity index (χ0v) is 15.1. The molecule has 5 nitrogen and oxygen atoms in total. The van der Waals surface area contributed by atoms with Crippen LogP contribution in [-0.2, 0) is 19.4 Å². The Kier molecular flexibility index (Phi) is 4.44. The number of benzene rings is 2. The summed E-state index contributed by atoms with van der Waals surface area (Å²) >= 11 is 0. The van der Waals surface area contributed by atoms with E-state index in [0.717, 1.165) is 53.3 Å². The van der Waals surface area contributed by atoms with Crippen LogP contribution in [0.5, 0.6) is 5.75 Å². The van der Waals surface area contributed by atoms with Crippen LogP contribution < -0.4 is 10.4 Å². The highest BCUT2D eigenvalue weighted by molar-refractivity contribution is 5.89. The molecule has 0 saturated heterocycles. The van der Waals surface area contributed by atoms with Crippen molar-refractivity contribution in [3.05, 3.63) is 74.6 Å². The third kappa shape index (κ3) is 3.33. The third-order valence-corrected chi connectivity index (χ3v) is 5.02. The van der Waals surface area contributed by atoms with Crippen molar-refractivity contribution in [1.29, 1.82) is 0 Å². The fourth-order valence-electron chi connectivity index (χ4n) is 3.69. The molecule has 0 fully saturated rings. The van der Waals surface area contributed by atoms with E-state index in [-0.39, 0.29) is 11.2 Å². The number of rotatable bonds is 4. The van der Waals surface area contributed by atoms with E-state index < -0.39 is 5.97 Å². The first-order valence-corrected chi connectivity index (χ1v) is 9.07. The molecule has 0 atom stereocenters. The molecule has 1 heterocycles. The largest absolute Gasteiger partial charge is 0.488 e. The molecule has 2 aromatic carbocycles. The fraction of sp³-hybridized carbons (Fsp3) is 0.273. The van der Waals surface area contributed by atoms with Crippen LogP contribution in [0.2, 0.25) is 0 Å². The molecule has 138 valence electrons. The number of aromatic carboxylic acids is 1. The molecule has 0 amide bonds. The van der Waals surface area contributed by atoms with E-state index in [9.17, 15) is 9.59 Å². The lowest BCUT2D eigenvalue weighted by Crippen LogP contribution is -2.16. The highest BCUT2D eigenvalue weighted by atomic mass is 16.5. The second-order valence-electron chi connectivity index (χ2n) is 6.98. The predicted molar refractivity (Wildman–Crippen MR) is 102 cm³/mol. The molecule has 1 aliphatic carbocycles. The molecule has 1 N–H and O–H groups in total. The third-order valence-electron chi connectivity index (χ3n) is 5.02. The molecule has 0 unspecified atom stereocenters. The quantitative estimate of drug-likeness (QED) is 0.700. The molecule has 27 heavy (non-hydrogen) atoms. The van der Waals surface area contributed by atoms with Gasteiger partial charge in [-0.3, -0.25) is 0 Å². The average Bonchev–Trinajstić information content (AvgIpc) is 2.66. The highest BCUT2D eigenvalue weighted by Crippen LogP contribution is 2.35. The van der Waals surface area contributed by atoms with Gasteiger partial charge in [0.2, 0.25) is 0 Å². The summed E-state index contributed by atoms with van der Waals surface area (Å²) < 4.78 is 11.7. The van der Waals surface area contributed by atoms with E-state index in [0.29, 0.717) is 17.9 Å². The minimum absolute atomic E-state index is 0.238. The maximum absolute atomic E-state index is 12.3. The van der Waals surface area contributed by atoms with Gasteiger partial charge in [0.15, 0.2) is 0 Å². The second kappa shape index (κ2) is 6.91. The lowest BCUT2D eigenvalue weighted by atomic mass is 9.90. The van der Waals surface area contributed by atoms with Crippen molar-refractivity contribution in [2.75, 3.05) is 0 Å². The van der Waals surface area contributed by atoms with Gasteiger partial charge in [-0.05, 0) is 73.6 Å². The summed E-state index contributed by atoms with van der Waals surface area (Å²) in [6, 6.07) is 10.5. The molecule has 3 aromatic rings. The van der Waals surface area contributed by atoms with Crippen molar-refractivity contribution in [3.8, 4) is 5.75 Å². The van der Waals surface area contributed by atoms with E-state index in [1.807, 2.05) is 19.1 Å². The van der Waals surface area contributed by atoms with E-state index in [2.05, 4.69) is 0 Å². The standard InChI is InChI=1S/C22H20O5/c1-13-10-18(26-12-14-6-8-15(9-7-14)21(23)24)20-16-4-2-3-5-17(16)22(25)27-19(20)11-13/h6-11H,2-5,12H2,1H3,(H,23,24). The summed E-state index contributed by atoms with van der Waals surface area (Å²) in [5, 5.41) is 9.89. The Bertz CT molecular complexity index is 1080. The van der Waals surface area contributed by atoms with Crippen molar-refractivity contribution in [1.82, 2.24) is 0 Å². The minimum atomic E-state index is -0.950. The van der Waals surface area contributed by atoms with Gasteiger partial charge in [0.1, 0.15) is 17.9 Å². The molecule has 0 radical (unpaired) electrons. The lowest BCUT2D eigenvalue weighted by Gasteiger charge is -2.19. The number of carboxylic acid groups (broad SMARTS) is 1. The Hall–Kier alpha value is -3.08. The van der Waals surface area contributed by atoms with Gasteiger partial charge in [-0.15, -0.1) is 0 Å². The SMILES string of the molecule is Cc1cc(OCc2ccc(C(=O)O)cc2)c2c3c(c(=O)oc2c1)CCCC3. The van der Waals surface area contributed by atoms with E-state index in [1.165, 1.54) is 0 Å². The van der Waals surface area contributed by atoms with Crippen molar-refractivity contribution < 1.29 is 19.1 Å². The van der Waals surface area contributed by atoms with Gasteiger partial charge in [0.05, 0.1) is 10.9 Å². The first-order valence-electron chi connectivity index (χ1n) is 9.07. The van der Waals surface area contributed by atoms with Crippen molar-refractivity contribution in [2.45, 2.75) is 39.2 Å². The predicted octanol–water partition coefficient (Wildman–Crippen LogP) is 4.26. The number of hydrogen-bond acceptors (Lipinski definition) is 4. The summed E-state index contributed by atoms with van der Waals surface area (Å²) in [5.41, 5.74) is 4.22. The molecular formula is C22H20O5. The van der Waals surface area contributed by atoms with Crippen LogP contribution in [0.25, 0.3) is 11.0 Å². The van der Waals surface area contributed by atoms with Crippen molar-refractivity contribution in [2.24, 2.45) is 0 Å². The Morgan fingerprint density at radius 1 is 1.11 bits per heavy atom. The van der Waals surface area contributed by atoms with E-state index >= 15 is 0 Å². The first kappa shape index (κ1) is 17.3. The van der Waals surface area contributed by atoms with Gasteiger partial charge in [0.25, 0.3) is 0 Å². The maximum atomic E-state index is 12.3. The zero-order valence-electron chi connectivity index (χ0n) is 15.1. The molecule has 0 spiro atoms. The van der Waals surface area contributed by atoms with Gasteiger partial charge in [0, 0.05) is 5.56 Å². The molecule has 4 rings (SSSR count). The number of aryl methyl sites for hydroxylation is 2. The number of carbonyl (C=O) groups is 1. The number of fused-ring (bicyclic) bond motifs is 3. The van der Waals surface area contributed by atoms with Crippen molar-refractivity contribution in [3.63, 3.8) is 0 Å². The smallest absolute Gasteiger partial charge is 0.339 e. The second-order valence-corrected chi connectivity index (χ2v) is 6.98. The zero-order chi connectivity index (χ0) is 19.0. The van der Waals surface area contributed by atoms with Crippen LogP contribution in [0.15, 0.2) is 45.6 Å². The molecule has 0 bridgehead atoms. The fourth-order valence-corrected chi connectivity index (χ4v) is 3.69. The normalized spacial score (nSPS) is 13.4. The van der Waals surface area contributed by atoms with Gasteiger partial charge in [-0.2, -0.15) is 0 Å². The molecule has 1 aliphatic rings. The lowest BCUT2D eigenvalue weighted by molar-refractivity contribution is 0.0697. The molecule has 5 heteroatoms. The monoisotopic (exact) mass is 364 g/mol. The van der Waals surface area contributed by atoms with Crippen LogP contribution in [0.4, 0.5) is 0 Å². The van der Waals surface area contributed by atoms with Gasteiger partial charge in [-0.25, -0.2) is 9.59 Å². The van der Waals surface area contributed by atoms with Crippen LogP contribution in [0.1, 0.15) is 45.5 Å². The molecular weight excluding hydrogens is 344 g/mol. The molecule has 0 saturated carbocycles. The number of carboxylic acids is 1. The van der Waals surface area contributed by atoms with E-state index in [1.54, 1.807) is 24.3 Å². The average molecular weight is 364 g/mol. The van der Waals surface area contributed by atoms with Crippen molar-refractivity contribution >= 4 is 16.9 Å². The Morgan fingerprint density at radius 2 is 1.81 bits per heavy atom. The highest BCUT2D eigenvalue weighted by Gasteiger charge is 2.21.